The quantitative estimate of drug-likeness (QED) is 0.431. The molecule has 2 aliphatic rings. The molecule has 3 aromatic carbocycles. The Kier molecular flexibility index (Phi) is 5.03. The maximum Gasteiger partial charge on any atom is 0.266 e. The molecule has 0 spiro atoms. The van der Waals surface area contributed by atoms with E-state index in [1.807, 2.05) is 35.2 Å². The van der Waals surface area contributed by atoms with Gasteiger partial charge in [-0.1, -0.05) is 30.3 Å². The van der Waals surface area contributed by atoms with Crippen LogP contribution in [0.4, 0.5) is 11.5 Å². The number of benzene rings is 3. The van der Waals surface area contributed by atoms with Crippen molar-refractivity contribution in [3.05, 3.63) is 102 Å². The number of pyridine rings is 1. The molecule has 0 bridgehead atoms. The summed E-state index contributed by atoms with van der Waals surface area (Å²) >= 11 is 0. The zero-order valence-corrected chi connectivity index (χ0v) is 18.9. The first-order chi connectivity index (χ1) is 17.1. The second-order valence-corrected chi connectivity index (χ2v) is 8.68. The van der Waals surface area contributed by atoms with Crippen molar-refractivity contribution >= 4 is 40.1 Å². The number of anilines is 2. The van der Waals surface area contributed by atoms with Gasteiger partial charge in [-0.25, -0.2) is 9.88 Å². The summed E-state index contributed by atoms with van der Waals surface area (Å²) in [5.41, 5.74) is 2.75. The minimum absolute atomic E-state index is 0.0648. The Labute approximate surface area is 202 Å². The third kappa shape index (κ3) is 3.61. The molecule has 0 radical (unpaired) electrons. The Balaban J connectivity index is 1.13. The summed E-state index contributed by atoms with van der Waals surface area (Å²) in [6.45, 7) is 2.58. The van der Waals surface area contributed by atoms with Gasteiger partial charge in [0.05, 0.1) is 22.3 Å². The number of para-hydroxylation sites is 1. The fourth-order valence-corrected chi connectivity index (χ4v) is 4.73. The molecule has 6 rings (SSSR count). The second kappa shape index (κ2) is 8.36. The summed E-state index contributed by atoms with van der Waals surface area (Å²) in [5, 5.41) is 1.11. The minimum Gasteiger partial charge on any atom is -0.353 e. The number of amides is 3. The standard InChI is InChI=1S/C28H22N4O3/c33-26(31-17-15-30(16-18-31)25-14-11-19-5-1-4-8-24(19)29-25)20-9-12-21(13-10-20)32-27(34)22-6-2-3-7-23(22)28(32)35/h1-14H,15-18H2. The number of nitrogens with zero attached hydrogens (tertiary/aromatic N) is 4. The number of hydrogen-bond acceptors (Lipinski definition) is 5. The van der Waals surface area contributed by atoms with Gasteiger partial charge in [-0.3, -0.25) is 14.4 Å². The van der Waals surface area contributed by atoms with Gasteiger partial charge < -0.3 is 9.80 Å². The maximum absolute atomic E-state index is 13.1. The van der Waals surface area contributed by atoms with Crippen LogP contribution < -0.4 is 9.80 Å². The van der Waals surface area contributed by atoms with E-state index in [1.165, 1.54) is 0 Å². The van der Waals surface area contributed by atoms with E-state index in [1.54, 1.807) is 48.5 Å². The number of aromatic nitrogens is 1. The van der Waals surface area contributed by atoms with Gasteiger partial charge >= 0.3 is 0 Å². The molecule has 0 atom stereocenters. The number of carbonyl (C=O) groups excluding carboxylic acids is 3. The predicted molar refractivity (Wildman–Crippen MR) is 134 cm³/mol. The lowest BCUT2D eigenvalue weighted by molar-refractivity contribution is 0.0746. The fourth-order valence-electron chi connectivity index (χ4n) is 4.73. The lowest BCUT2D eigenvalue weighted by atomic mass is 10.1. The summed E-state index contributed by atoms with van der Waals surface area (Å²) in [7, 11) is 0. The molecule has 4 aromatic rings. The van der Waals surface area contributed by atoms with Crippen molar-refractivity contribution < 1.29 is 14.4 Å². The van der Waals surface area contributed by atoms with Crippen LogP contribution in [0.3, 0.4) is 0 Å². The zero-order valence-electron chi connectivity index (χ0n) is 18.9. The van der Waals surface area contributed by atoms with Crippen molar-refractivity contribution in [2.24, 2.45) is 0 Å². The molecular weight excluding hydrogens is 440 g/mol. The van der Waals surface area contributed by atoms with E-state index in [0.717, 1.165) is 21.6 Å². The molecule has 1 fully saturated rings. The van der Waals surface area contributed by atoms with Crippen molar-refractivity contribution in [3.63, 3.8) is 0 Å². The average Bonchev–Trinajstić information content (AvgIpc) is 3.18. The maximum atomic E-state index is 13.1. The van der Waals surface area contributed by atoms with Gasteiger partial charge in [-0.15, -0.1) is 0 Å². The highest BCUT2D eigenvalue weighted by Crippen LogP contribution is 2.28. The highest BCUT2D eigenvalue weighted by Gasteiger charge is 2.36. The van der Waals surface area contributed by atoms with E-state index >= 15 is 0 Å². The molecule has 0 aliphatic carbocycles. The van der Waals surface area contributed by atoms with Gasteiger partial charge in [0.2, 0.25) is 0 Å². The first-order valence-electron chi connectivity index (χ1n) is 11.6. The van der Waals surface area contributed by atoms with Gasteiger partial charge in [0.25, 0.3) is 17.7 Å². The predicted octanol–water partition coefficient (Wildman–Crippen LogP) is 4.00. The lowest BCUT2D eigenvalue weighted by Gasteiger charge is -2.35. The van der Waals surface area contributed by atoms with Crippen molar-refractivity contribution in [1.29, 1.82) is 0 Å². The number of carbonyl (C=O) groups is 3. The molecule has 7 heteroatoms. The van der Waals surface area contributed by atoms with E-state index in [-0.39, 0.29) is 17.7 Å². The van der Waals surface area contributed by atoms with E-state index in [2.05, 4.69) is 11.0 Å². The lowest BCUT2D eigenvalue weighted by Crippen LogP contribution is -2.49. The van der Waals surface area contributed by atoms with Crippen LogP contribution in [-0.2, 0) is 0 Å². The Morgan fingerprint density at radius 1 is 0.686 bits per heavy atom. The normalized spacial score (nSPS) is 15.6. The summed E-state index contributed by atoms with van der Waals surface area (Å²) in [4.78, 5) is 48.5. The van der Waals surface area contributed by atoms with Crippen LogP contribution in [0.15, 0.2) is 84.9 Å². The Hall–Kier alpha value is -4.52. The van der Waals surface area contributed by atoms with Crippen LogP contribution >= 0.6 is 0 Å². The van der Waals surface area contributed by atoms with Crippen LogP contribution in [0.1, 0.15) is 31.1 Å². The summed E-state index contributed by atoms with van der Waals surface area (Å²) < 4.78 is 0. The van der Waals surface area contributed by atoms with E-state index in [0.29, 0.717) is 48.6 Å². The van der Waals surface area contributed by atoms with Crippen molar-refractivity contribution in [2.45, 2.75) is 0 Å². The first-order valence-corrected chi connectivity index (χ1v) is 11.6. The molecule has 172 valence electrons. The third-order valence-corrected chi connectivity index (χ3v) is 6.64. The SMILES string of the molecule is O=C(c1ccc(N2C(=O)c3ccccc3C2=O)cc1)N1CCN(c2ccc3ccccc3n2)CC1. The minimum atomic E-state index is -0.344. The van der Waals surface area contributed by atoms with Gasteiger partial charge in [0.15, 0.2) is 0 Å². The summed E-state index contributed by atoms with van der Waals surface area (Å²) in [5.74, 6) is 0.164. The Morgan fingerprint density at radius 2 is 1.31 bits per heavy atom. The van der Waals surface area contributed by atoms with E-state index in [9.17, 15) is 14.4 Å². The van der Waals surface area contributed by atoms with Gasteiger partial charge in [-0.05, 0) is 54.6 Å². The fraction of sp³-hybridized carbons (Fsp3) is 0.143. The molecule has 0 unspecified atom stereocenters. The van der Waals surface area contributed by atoms with E-state index < -0.39 is 0 Å². The number of fused-ring (bicyclic) bond motifs is 2. The zero-order chi connectivity index (χ0) is 23.9. The molecule has 3 amide bonds. The van der Waals surface area contributed by atoms with Crippen LogP contribution in [0.2, 0.25) is 0 Å². The van der Waals surface area contributed by atoms with Crippen molar-refractivity contribution in [1.82, 2.24) is 9.88 Å². The van der Waals surface area contributed by atoms with Crippen LogP contribution in [0.5, 0.6) is 0 Å². The molecule has 3 heterocycles. The van der Waals surface area contributed by atoms with Crippen molar-refractivity contribution in [2.75, 3.05) is 36.0 Å². The highest BCUT2D eigenvalue weighted by molar-refractivity contribution is 6.34. The number of rotatable bonds is 3. The summed E-state index contributed by atoms with van der Waals surface area (Å²) in [6.07, 6.45) is 0. The van der Waals surface area contributed by atoms with Crippen LogP contribution in [0, 0.1) is 0 Å². The molecule has 2 aliphatic heterocycles. The van der Waals surface area contributed by atoms with Gasteiger partial charge in [0.1, 0.15) is 5.82 Å². The first kappa shape index (κ1) is 21.0. The molecule has 1 aromatic heterocycles. The smallest absolute Gasteiger partial charge is 0.266 e. The van der Waals surface area contributed by atoms with Crippen LogP contribution in [0.25, 0.3) is 10.9 Å². The number of imide groups is 1. The Bertz CT molecular complexity index is 1440. The Morgan fingerprint density at radius 3 is 2.00 bits per heavy atom. The molecule has 0 N–H and O–H groups in total. The summed E-state index contributed by atoms with van der Waals surface area (Å²) in [6, 6.07) is 25.6. The monoisotopic (exact) mass is 462 g/mol. The van der Waals surface area contributed by atoms with Gasteiger partial charge in [0, 0.05) is 37.1 Å². The third-order valence-electron chi connectivity index (χ3n) is 6.64. The molecule has 1 saturated heterocycles. The molecule has 0 saturated carbocycles. The molecule has 35 heavy (non-hydrogen) atoms. The highest BCUT2D eigenvalue weighted by atomic mass is 16.2. The number of piperazine rings is 1. The largest absolute Gasteiger partial charge is 0.353 e. The second-order valence-electron chi connectivity index (χ2n) is 8.68. The van der Waals surface area contributed by atoms with E-state index in [4.69, 9.17) is 4.98 Å². The topological polar surface area (TPSA) is 73.8 Å². The average molecular weight is 463 g/mol. The van der Waals surface area contributed by atoms with Crippen molar-refractivity contribution in [3.8, 4) is 0 Å². The van der Waals surface area contributed by atoms with Crippen LogP contribution in [-0.4, -0.2) is 53.8 Å². The van der Waals surface area contributed by atoms with Gasteiger partial charge in [-0.2, -0.15) is 0 Å². The molecular formula is C28H22N4O3. The molecule has 7 nitrogen and oxygen atoms in total. The number of hydrogen-bond donors (Lipinski definition) is 0.